The quantitative estimate of drug-likeness (QED) is 0.757. The van der Waals surface area contributed by atoms with Gasteiger partial charge in [0.2, 0.25) is 5.91 Å². The van der Waals surface area contributed by atoms with Gasteiger partial charge < -0.3 is 15.7 Å². The number of aliphatic hydroxyl groups excluding tert-OH is 1. The van der Waals surface area contributed by atoms with Gasteiger partial charge in [-0.2, -0.15) is 0 Å². The molecule has 0 spiro atoms. The maximum absolute atomic E-state index is 11.7. The van der Waals surface area contributed by atoms with Crippen LogP contribution in [0, 0.1) is 0 Å². The Kier molecular flexibility index (Phi) is 4.73. The second-order valence-corrected chi connectivity index (χ2v) is 4.75. The predicted octanol–water partition coefficient (Wildman–Crippen LogP) is 1.52. The number of hydrogen-bond donors (Lipinski definition) is 3. The van der Waals surface area contributed by atoms with Gasteiger partial charge in [-0.3, -0.25) is 4.79 Å². The van der Waals surface area contributed by atoms with E-state index in [1.54, 1.807) is 0 Å². The summed E-state index contributed by atoms with van der Waals surface area (Å²) in [7, 11) is 0. The van der Waals surface area contributed by atoms with Crippen molar-refractivity contribution in [2.45, 2.75) is 37.8 Å². The summed E-state index contributed by atoms with van der Waals surface area (Å²) in [5, 5.41) is 15.7. The lowest BCUT2D eigenvalue weighted by Gasteiger charge is -2.28. The third-order valence-corrected chi connectivity index (χ3v) is 3.31. The molecule has 4 heteroatoms. The van der Waals surface area contributed by atoms with E-state index < -0.39 is 0 Å². The fourth-order valence-electron chi connectivity index (χ4n) is 2.30. The van der Waals surface area contributed by atoms with Crippen LogP contribution in [0.2, 0.25) is 0 Å². The molecule has 1 aliphatic rings. The van der Waals surface area contributed by atoms with Crippen molar-refractivity contribution in [3.05, 3.63) is 30.3 Å². The molecule has 1 amide bonds. The third-order valence-electron chi connectivity index (χ3n) is 3.31. The van der Waals surface area contributed by atoms with Gasteiger partial charge in [0.25, 0.3) is 0 Å². The molecule has 1 aromatic carbocycles. The summed E-state index contributed by atoms with van der Waals surface area (Å²) in [6.07, 6.45) is 3.66. The van der Waals surface area contributed by atoms with Crippen molar-refractivity contribution in [1.29, 1.82) is 0 Å². The summed E-state index contributed by atoms with van der Waals surface area (Å²) in [6.45, 7) is 0.247. The highest BCUT2D eigenvalue weighted by molar-refractivity contribution is 5.92. The molecule has 1 saturated carbocycles. The number of rotatable bonds is 4. The van der Waals surface area contributed by atoms with Crippen LogP contribution in [0.3, 0.4) is 0 Å². The summed E-state index contributed by atoms with van der Waals surface area (Å²) in [4.78, 5) is 11.7. The van der Waals surface area contributed by atoms with Crippen LogP contribution in [0.5, 0.6) is 0 Å². The van der Waals surface area contributed by atoms with Crippen LogP contribution in [0.15, 0.2) is 30.3 Å². The van der Waals surface area contributed by atoms with E-state index in [0.717, 1.165) is 31.4 Å². The van der Waals surface area contributed by atoms with Gasteiger partial charge in [-0.15, -0.1) is 0 Å². The first kappa shape index (κ1) is 13.1. The van der Waals surface area contributed by atoms with Crippen molar-refractivity contribution in [2.24, 2.45) is 0 Å². The summed E-state index contributed by atoms with van der Waals surface area (Å²) in [5.74, 6) is -0.0704. The van der Waals surface area contributed by atoms with Crippen molar-refractivity contribution in [3.63, 3.8) is 0 Å². The molecule has 1 aliphatic carbocycles. The summed E-state index contributed by atoms with van der Waals surface area (Å²) >= 11 is 0. The molecule has 1 fully saturated rings. The van der Waals surface area contributed by atoms with Gasteiger partial charge in [0.05, 0.1) is 12.6 Å². The molecule has 0 aliphatic heterocycles. The van der Waals surface area contributed by atoms with Crippen LogP contribution in [-0.4, -0.2) is 29.7 Å². The summed E-state index contributed by atoms with van der Waals surface area (Å²) < 4.78 is 0. The molecule has 0 bridgehead atoms. The van der Waals surface area contributed by atoms with E-state index in [0.29, 0.717) is 0 Å². The molecular weight excluding hydrogens is 228 g/mol. The Balaban J connectivity index is 1.74. The minimum absolute atomic E-state index is 0.0558. The Bertz CT molecular complexity index is 381. The molecule has 3 N–H and O–H groups in total. The van der Waals surface area contributed by atoms with Crippen molar-refractivity contribution in [3.8, 4) is 0 Å². The van der Waals surface area contributed by atoms with Crippen LogP contribution in [-0.2, 0) is 4.79 Å². The van der Waals surface area contributed by atoms with Gasteiger partial charge in [0.1, 0.15) is 0 Å². The summed E-state index contributed by atoms with van der Waals surface area (Å²) in [6, 6.07) is 9.44. The number of carbonyl (C=O) groups excluding carboxylic acids is 1. The standard InChI is InChI=1S/C14H20N2O2/c17-13-9-5-4-8-12(13)15-10-14(18)16-11-6-2-1-3-7-11/h1-3,6-7,12-13,15,17H,4-5,8-10H2,(H,16,18). The Labute approximate surface area is 107 Å². The van der Waals surface area contributed by atoms with E-state index in [9.17, 15) is 9.90 Å². The first-order valence-corrected chi connectivity index (χ1v) is 6.52. The number of hydrogen-bond acceptors (Lipinski definition) is 3. The van der Waals surface area contributed by atoms with E-state index in [1.807, 2.05) is 30.3 Å². The fourth-order valence-corrected chi connectivity index (χ4v) is 2.30. The lowest BCUT2D eigenvalue weighted by Crippen LogP contribution is -2.45. The molecule has 0 aromatic heterocycles. The first-order valence-electron chi connectivity index (χ1n) is 6.52. The zero-order chi connectivity index (χ0) is 12.8. The largest absolute Gasteiger partial charge is 0.392 e. The van der Waals surface area contributed by atoms with E-state index in [4.69, 9.17) is 0 Å². The Morgan fingerprint density at radius 3 is 2.67 bits per heavy atom. The third kappa shape index (κ3) is 3.82. The van der Waals surface area contributed by atoms with Crippen molar-refractivity contribution in [2.75, 3.05) is 11.9 Å². The molecule has 4 nitrogen and oxygen atoms in total. The number of para-hydroxylation sites is 1. The fraction of sp³-hybridized carbons (Fsp3) is 0.500. The van der Waals surface area contributed by atoms with Gasteiger partial charge in [0, 0.05) is 11.7 Å². The van der Waals surface area contributed by atoms with Gasteiger partial charge in [-0.25, -0.2) is 0 Å². The minimum Gasteiger partial charge on any atom is -0.392 e. The SMILES string of the molecule is O=C(CNC1CCCCC1O)Nc1ccccc1. The number of carbonyl (C=O) groups is 1. The molecule has 2 rings (SSSR count). The number of amides is 1. The molecule has 18 heavy (non-hydrogen) atoms. The molecule has 2 unspecified atom stereocenters. The monoisotopic (exact) mass is 248 g/mol. The predicted molar refractivity (Wildman–Crippen MR) is 71.3 cm³/mol. The number of benzene rings is 1. The van der Waals surface area contributed by atoms with Crippen LogP contribution >= 0.6 is 0 Å². The zero-order valence-electron chi connectivity index (χ0n) is 10.4. The molecule has 1 aromatic rings. The van der Waals surface area contributed by atoms with Gasteiger partial charge in [0.15, 0.2) is 0 Å². The van der Waals surface area contributed by atoms with Gasteiger partial charge >= 0.3 is 0 Å². The average Bonchev–Trinajstić information content (AvgIpc) is 2.39. The van der Waals surface area contributed by atoms with Gasteiger partial charge in [-0.05, 0) is 25.0 Å². The Morgan fingerprint density at radius 2 is 1.94 bits per heavy atom. The number of anilines is 1. The van der Waals surface area contributed by atoms with Gasteiger partial charge in [-0.1, -0.05) is 31.0 Å². The maximum Gasteiger partial charge on any atom is 0.238 e. The van der Waals surface area contributed by atoms with E-state index in [2.05, 4.69) is 10.6 Å². The molecule has 2 atom stereocenters. The highest BCUT2D eigenvalue weighted by atomic mass is 16.3. The normalized spacial score (nSPS) is 23.6. The number of aliphatic hydroxyl groups is 1. The lowest BCUT2D eigenvalue weighted by atomic mass is 9.93. The molecular formula is C14H20N2O2. The lowest BCUT2D eigenvalue weighted by molar-refractivity contribution is -0.115. The van der Waals surface area contributed by atoms with Crippen LogP contribution < -0.4 is 10.6 Å². The first-order chi connectivity index (χ1) is 8.75. The molecule has 0 heterocycles. The highest BCUT2D eigenvalue weighted by Crippen LogP contribution is 2.18. The topological polar surface area (TPSA) is 61.4 Å². The van der Waals surface area contributed by atoms with E-state index in [1.165, 1.54) is 0 Å². The average molecular weight is 248 g/mol. The second-order valence-electron chi connectivity index (χ2n) is 4.75. The van der Waals surface area contributed by atoms with Crippen molar-refractivity contribution in [1.82, 2.24) is 5.32 Å². The number of nitrogens with one attached hydrogen (secondary N) is 2. The van der Waals surface area contributed by atoms with Crippen molar-refractivity contribution >= 4 is 11.6 Å². The second kappa shape index (κ2) is 6.52. The van der Waals surface area contributed by atoms with Crippen LogP contribution in [0.25, 0.3) is 0 Å². The Morgan fingerprint density at radius 1 is 1.22 bits per heavy atom. The maximum atomic E-state index is 11.7. The summed E-state index contributed by atoms with van der Waals surface area (Å²) in [5.41, 5.74) is 0.800. The minimum atomic E-state index is -0.316. The highest BCUT2D eigenvalue weighted by Gasteiger charge is 2.22. The van der Waals surface area contributed by atoms with E-state index >= 15 is 0 Å². The van der Waals surface area contributed by atoms with Crippen molar-refractivity contribution < 1.29 is 9.90 Å². The smallest absolute Gasteiger partial charge is 0.238 e. The van der Waals surface area contributed by atoms with Crippen LogP contribution in [0.1, 0.15) is 25.7 Å². The molecule has 98 valence electrons. The van der Waals surface area contributed by atoms with E-state index in [-0.39, 0.29) is 24.6 Å². The zero-order valence-corrected chi connectivity index (χ0v) is 10.4. The van der Waals surface area contributed by atoms with Crippen LogP contribution in [0.4, 0.5) is 5.69 Å². The molecule has 0 saturated heterocycles. The Hall–Kier alpha value is -1.39. The molecule has 0 radical (unpaired) electrons.